The number of nitrogens with zero attached hydrogens (tertiary/aromatic N) is 1. The molecule has 1 N–H and O–H groups in total. The summed E-state index contributed by atoms with van der Waals surface area (Å²) in [5.41, 5.74) is 0.304. The highest BCUT2D eigenvalue weighted by Crippen LogP contribution is 2.65. The molecule has 1 saturated heterocycles. The fourth-order valence-corrected chi connectivity index (χ4v) is 6.42. The Hall–Kier alpha value is -1.06. The van der Waals surface area contributed by atoms with Crippen LogP contribution < -0.4 is 0 Å². The van der Waals surface area contributed by atoms with Gasteiger partial charge in [0.25, 0.3) is 0 Å². The minimum atomic E-state index is -0.741. The van der Waals surface area contributed by atoms with Crippen molar-refractivity contribution in [3.05, 3.63) is 0 Å². The van der Waals surface area contributed by atoms with E-state index in [0.29, 0.717) is 24.4 Å². The van der Waals surface area contributed by atoms with Crippen molar-refractivity contribution in [2.24, 2.45) is 28.6 Å². The maximum Gasteiger partial charge on any atom is 0.303 e. The fraction of sp³-hybridized carbons (Fsp3) is 0.882. The van der Waals surface area contributed by atoms with Crippen molar-refractivity contribution in [2.75, 3.05) is 13.1 Å². The Balaban J connectivity index is 1.47. The standard InChI is InChI=1S/C17H25NO3/c1-16-4-11-2-12(5-16)7-17(6-11,10-16)15(21)18-8-13(9-18)3-14(19)20/h11-13H,2-10H2,1H3,(H,19,20). The molecule has 2 atom stereocenters. The van der Waals surface area contributed by atoms with Crippen molar-refractivity contribution in [1.82, 2.24) is 4.90 Å². The van der Waals surface area contributed by atoms with E-state index in [1.165, 1.54) is 19.3 Å². The number of hydrogen-bond donors (Lipinski definition) is 1. The van der Waals surface area contributed by atoms with Crippen LogP contribution >= 0.6 is 0 Å². The maximum atomic E-state index is 13.0. The van der Waals surface area contributed by atoms with E-state index < -0.39 is 5.97 Å². The molecule has 4 aliphatic carbocycles. The van der Waals surface area contributed by atoms with Crippen molar-refractivity contribution in [1.29, 1.82) is 0 Å². The third-order valence-electron chi connectivity index (χ3n) is 6.51. The first-order valence-corrected chi connectivity index (χ1v) is 8.39. The van der Waals surface area contributed by atoms with Gasteiger partial charge in [-0.05, 0) is 55.8 Å². The molecule has 0 radical (unpaired) electrons. The lowest BCUT2D eigenvalue weighted by atomic mass is 9.44. The first kappa shape index (κ1) is 13.6. The van der Waals surface area contributed by atoms with E-state index >= 15 is 0 Å². The monoisotopic (exact) mass is 291 g/mol. The van der Waals surface area contributed by atoms with Gasteiger partial charge in [-0.3, -0.25) is 9.59 Å². The van der Waals surface area contributed by atoms with Crippen LogP contribution in [0.3, 0.4) is 0 Å². The summed E-state index contributed by atoms with van der Waals surface area (Å²) in [5.74, 6) is 1.31. The molecule has 1 heterocycles. The maximum absolute atomic E-state index is 13.0. The zero-order valence-corrected chi connectivity index (χ0v) is 12.8. The van der Waals surface area contributed by atoms with Crippen molar-refractivity contribution < 1.29 is 14.7 Å². The molecule has 116 valence electrons. The van der Waals surface area contributed by atoms with E-state index in [4.69, 9.17) is 5.11 Å². The molecule has 4 saturated carbocycles. The van der Waals surface area contributed by atoms with Gasteiger partial charge < -0.3 is 10.0 Å². The van der Waals surface area contributed by atoms with E-state index in [0.717, 1.165) is 31.1 Å². The molecule has 0 aromatic carbocycles. The molecule has 4 nitrogen and oxygen atoms in total. The topological polar surface area (TPSA) is 57.6 Å². The second kappa shape index (κ2) is 4.23. The predicted molar refractivity (Wildman–Crippen MR) is 77.5 cm³/mol. The van der Waals surface area contributed by atoms with Gasteiger partial charge in [-0.2, -0.15) is 0 Å². The summed E-state index contributed by atoms with van der Waals surface area (Å²) in [6.07, 6.45) is 7.45. The summed E-state index contributed by atoms with van der Waals surface area (Å²) in [5, 5.41) is 8.83. The van der Waals surface area contributed by atoms with E-state index in [2.05, 4.69) is 6.92 Å². The molecule has 0 aromatic rings. The number of amides is 1. The molecule has 0 spiro atoms. The molecule has 1 amide bonds. The first-order chi connectivity index (χ1) is 9.87. The zero-order valence-electron chi connectivity index (χ0n) is 12.8. The molecule has 5 rings (SSSR count). The number of carboxylic acids is 1. The van der Waals surface area contributed by atoms with Gasteiger partial charge in [0, 0.05) is 19.0 Å². The van der Waals surface area contributed by atoms with E-state index in [1.807, 2.05) is 4.90 Å². The second-order valence-electron chi connectivity index (χ2n) is 8.73. The summed E-state index contributed by atoms with van der Waals surface area (Å²) in [6, 6.07) is 0. The normalized spacial score (nSPS) is 44.7. The van der Waals surface area contributed by atoms with Crippen LogP contribution in [0, 0.1) is 28.6 Å². The predicted octanol–water partition coefficient (Wildman–Crippen LogP) is 2.53. The van der Waals surface area contributed by atoms with Gasteiger partial charge in [0.15, 0.2) is 0 Å². The van der Waals surface area contributed by atoms with Crippen LogP contribution in [-0.2, 0) is 9.59 Å². The molecule has 21 heavy (non-hydrogen) atoms. The zero-order chi connectivity index (χ0) is 14.8. The molecule has 4 heteroatoms. The van der Waals surface area contributed by atoms with Gasteiger partial charge in [0.1, 0.15) is 0 Å². The van der Waals surface area contributed by atoms with Crippen LogP contribution in [0.15, 0.2) is 0 Å². The lowest BCUT2D eigenvalue weighted by Crippen LogP contribution is -2.61. The molecule has 2 unspecified atom stereocenters. The summed E-state index contributed by atoms with van der Waals surface area (Å²) in [4.78, 5) is 25.7. The Kier molecular flexibility index (Phi) is 2.74. The Bertz CT molecular complexity index is 480. The van der Waals surface area contributed by atoms with Crippen LogP contribution in [0.2, 0.25) is 0 Å². The van der Waals surface area contributed by atoms with Gasteiger partial charge in [-0.1, -0.05) is 6.92 Å². The van der Waals surface area contributed by atoms with Crippen molar-refractivity contribution >= 4 is 11.9 Å². The lowest BCUT2D eigenvalue weighted by Gasteiger charge is -2.61. The molecular weight excluding hydrogens is 266 g/mol. The summed E-state index contributed by atoms with van der Waals surface area (Å²) >= 11 is 0. The average Bonchev–Trinajstić information content (AvgIpc) is 2.29. The largest absolute Gasteiger partial charge is 0.481 e. The number of hydrogen-bond acceptors (Lipinski definition) is 2. The highest BCUT2D eigenvalue weighted by molar-refractivity contribution is 5.84. The minimum absolute atomic E-state index is 0.0903. The van der Waals surface area contributed by atoms with Crippen LogP contribution in [0.4, 0.5) is 0 Å². The second-order valence-corrected chi connectivity index (χ2v) is 8.73. The van der Waals surface area contributed by atoms with Crippen LogP contribution in [0.25, 0.3) is 0 Å². The van der Waals surface area contributed by atoms with Gasteiger partial charge >= 0.3 is 5.97 Å². The molecule has 0 aromatic heterocycles. The SMILES string of the molecule is CC12CC3CC(C1)CC(C(=O)N1CC(CC(=O)O)C1)(C3)C2. The van der Waals surface area contributed by atoms with Crippen LogP contribution in [0.1, 0.15) is 51.9 Å². The smallest absolute Gasteiger partial charge is 0.303 e. The van der Waals surface area contributed by atoms with Crippen LogP contribution in [-0.4, -0.2) is 35.0 Å². The first-order valence-electron chi connectivity index (χ1n) is 8.39. The quantitative estimate of drug-likeness (QED) is 0.869. The summed E-state index contributed by atoms with van der Waals surface area (Å²) < 4.78 is 0. The average molecular weight is 291 g/mol. The number of carbonyl (C=O) groups is 2. The molecule has 1 aliphatic heterocycles. The van der Waals surface area contributed by atoms with Crippen molar-refractivity contribution in [2.45, 2.75) is 51.9 Å². The molecule has 5 fully saturated rings. The summed E-state index contributed by atoms with van der Waals surface area (Å²) in [6.45, 7) is 3.72. The number of rotatable bonds is 3. The van der Waals surface area contributed by atoms with E-state index in [-0.39, 0.29) is 17.8 Å². The molecule has 4 bridgehead atoms. The van der Waals surface area contributed by atoms with Gasteiger partial charge in [-0.25, -0.2) is 0 Å². The minimum Gasteiger partial charge on any atom is -0.481 e. The van der Waals surface area contributed by atoms with Crippen molar-refractivity contribution in [3.63, 3.8) is 0 Å². The third-order valence-corrected chi connectivity index (χ3v) is 6.51. The highest BCUT2D eigenvalue weighted by Gasteiger charge is 2.60. The van der Waals surface area contributed by atoms with Crippen LogP contribution in [0.5, 0.6) is 0 Å². The number of aliphatic carboxylic acids is 1. The Morgan fingerprint density at radius 1 is 1.14 bits per heavy atom. The fourth-order valence-electron chi connectivity index (χ4n) is 6.42. The Morgan fingerprint density at radius 2 is 1.76 bits per heavy atom. The Morgan fingerprint density at radius 3 is 2.29 bits per heavy atom. The number of likely N-dealkylation sites (tertiary alicyclic amines) is 1. The number of carbonyl (C=O) groups excluding carboxylic acids is 1. The molecular formula is C17H25NO3. The van der Waals surface area contributed by atoms with E-state index in [9.17, 15) is 9.59 Å². The van der Waals surface area contributed by atoms with Gasteiger partial charge in [0.05, 0.1) is 11.8 Å². The number of carboxylic acid groups (broad SMARTS) is 1. The third kappa shape index (κ3) is 2.09. The van der Waals surface area contributed by atoms with Crippen molar-refractivity contribution in [3.8, 4) is 0 Å². The lowest BCUT2D eigenvalue weighted by molar-refractivity contribution is -0.173. The van der Waals surface area contributed by atoms with Gasteiger partial charge in [0.2, 0.25) is 5.91 Å². The van der Waals surface area contributed by atoms with E-state index in [1.54, 1.807) is 0 Å². The summed E-state index contributed by atoms with van der Waals surface area (Å²) in [7, 11) is 0. The molecule has 5 aliphatic rings. The highest BCUT2D eigenvalue weighted by atomic mass is 16.4. The Labute approximate surface area is 125 Å². The van der Waals surface area contributed by atoms with Gasteiger partial charge in [-0.15, -0.1) is 0 Å².